The zero-order chi connectivity index (χ0) is 16.7. The van der Waals surface area contributed by atoms with Crippen LogP contribution in [0.4, 0.5) is 5.69 Å². The number of benzene rings is 2. The first-order valence-electron chi connectivity index (χ1n) is 7.09. The molecule has 2 rings (SSSR count). The van der Waals surface area contributed by atoms with E-state index in [2.05, 4.69) is 10.6 Å². The number of nitrogens with one attached hydrogen (secondary N) is 2. The predicted octanol–water partition coefficient (Wildman–Crippen LogP) is 3.68. The Kier molecular flexibility index (Phi) is 6.44. The van der Waals surface area contributed by atoms with Crippen LogP contribution in [0.15, 0.2) is 48.5 Å². The molecule has 2 N–H and O–H groups in total. The van der Waals surface area contributed by atoms with E-state index in [9.17, 15) is 9.59 Å². The van der Waals surface area contributed by atoms with Crippen LogP contribution >= 0.6 is 23.2 Å². The Balaban J connectivity index is 1.71. The maximum atomic E-state index is 11.8. The number of hydrogen-bond acceptors (Lipinski definition) is 2. The predicted molar refractivity (Wildman–Crippen MR) is 92.9 cm³/mol. The number of anilines is 1. The molecule has 120 valence electrons. The number of amides is 2. The highest BCUT2D eigenvalue weighted by molar-refractivity contribution is 6.30. The highest BCUT2D eigenvalue weighted by Crippen LogP contribution is 2.13. The Hall–Kier alpha value is -2.04. The second kappa shape index (κ2) is 8.56. The Morgan fingerprint density at radius 1 is 0.913 bits per heavy atom. The van der Waals surface area contributed by atoms with Crippen LogP contribution in [0.3, 0.4) is 0 Å². The molecule has 0 fully saturated rings. The van der Waals surface area contributed by atoms with Crippen molar-refractivity contribution in [3.63, 3.8) is 0 Å². The quantitative estimate of drug-likeness (QED) is 0.780. The summed E-state index contributed by atoms with van der Waals surface area (Å²) in [7, 11) is 0. The largest absolute Gasteiger partial charge is 0.355 e. The van der Waals surface area contributed by atoms with E-state index in [1.807, 2.05) is 18.2 Å². The third kappa shape index (κ3) is 6.30. The average molecular weight is 351 g/mol. The summed E-state index contributed by atoms with van der Waals surface area (Å²) in [5.41, 5.74) is 1.63. The van der Waals surface area contributed by atoms with Crippen LogP contribution in [-0.4, -0.2) is 18.4 Å². The molecule has 0 saturated carbocycles. The third-order valence-corrected chi connectivity index (χ3v) is 3.56. The summed E-state index contributed by atoms with van der Waals surface area (Å²) in [6.45, 7) is 0.452. The fourth-order valence-electron chi connectivity index (χ4n) is 1.99. The van der Waals surface area contributed by atoms with Crippen molar-refractivity contribution in [1.82, 2.24) is 5.32 Å². The molecule has 23 heavy (non-hydrogen) atoms. The van der Waals surface area contributed by atoms with Crippen LogP contribution in [0.25, 0.3) is 0 Å². The molecule has 0 saturated heterocycles. The van der Waals surface area contributed by atoms with E-state index >= 15 is 0 Å². The highest BCUT2D eigenvalue weighted by atomic mass is 35.5. The third-order valence-electron chi connectivity index (χ3n) is 3.07. The molecule has 4 nitrogen and oxygen atoms in total. The van der Waals surface area contributed by atoms with Gasteiger partial charge in [-0.3, -0.25) is 9.59 Å². The van der Waals surface area contributed by atoms with Crippen molar-refractivity contribution >= 4 is 40.7 Å². The van der Waals surface area contributed by atoms with Gasteiger partial charge >= 0.3 is 0 Å². The summed E-state index contributed by atoms with van der Waals surface area (Å²) in [4.78, 5) is 23.5. The van der Waals surface area contributed by atoms with E-state index in [1.165, 1.54) is 0 Å². The Labute approximate surface area is 144 Å². The lowest BCUT2D eigenvalue weighted by Crippen LogP contribution is -2.29. The van der Waals surface area contributed by atoms with Gasteiger partial charge in [-0.2, -0.15) is 0 Å². The van der Waals surface area contributed by atoms with Gasteiger partial charge in [0.05, 0.1) is 0 Å². The van der Waals surface area contributed by atoms with E-state index in [-0.39, 0.29) is 18.2 Å². The number of carbonyl (C=O) groups excluding carboxylic acids is 2. The van der Waals surface area contributed by atoms with E-state index in [1.54, 1.807) is 30.3 Å². The smallest absolute Gasteiger partial charge is 0.233 e. The molecule has 6 heteroatoms. The molecule has 0 unspecified atom stereocenters. The fraction of sp³-hybridized carbons (Fsp3) is 0.176. The number of halogens is 2. The molecule has 0 aliphatic rings. The van der Waals surface area contributed by atoms with Crippen molar-refractivity contribution in [2.24, 2.45) is 0 Å². The van der Waals surface area contributed by atoms with E-state index < -0.39 is 0 Å². The van der Waals surface area contributed by atoms with Gasteiger partial charge in [0.1, 0.15) is 6.42 Å². The minimum absolute atomic E-state index is 0.224. The normalized spacial score (nSPS) is 10.2. The van der Waals surface area contributed by atoms with Crippen molar-refractivity contribution in [3.05, 3.63) is 64.1 Å². The van der Waals surface area contributed by atoms with Crippen molar-refractivity contribution < 1.29 is 9.59 Å². The Morgan fingerprint density at radius 3 is 2.35 bits per heavy atom. The maximum absolute atomic E-state index is 11.8. The van der Waals surface area contributed by atoms with Gasteiger partial charge in [-0.1, -0.05) is 35.3 Å². The Morgan fingerprint density at radius 2 is 1.65 bits per heavy atom. The van der Waals surface area contributed by atoms with E-state index in [0.29, 0.717) is 28.7 Å². The van der Waals surface area contributed by atoms with Gasteiger partial charge in [-0.25, -0.2) is 0 Å². The van der Waals surface area contributed by atoms with Gasteiger partial charge in [-0.15, -0.1) is 0 Å². The molecule has 0 heterocycles. The lowest BCUT2D eigenvalue weighted by atomic mass is 10.1. The lowest BCUT2D eigenvalue weighted by Gasteiger charge is -2.07. The zero-order valence-electron chi connectivity index (χ0n) is 12.3. The average Bonchev–Trinajstić information content (AvgIpc) is 2.49. The molecule has 2 aromatic carbocycles. The SMILES string of the molecule is O=C(CC(=O)Nc1ccc(Cl)cc1)NCCc1cccc(Cl)c1. The van der Waals surface area contributed by atoms with Gasteiger partial charge < -0.3 is 10.6 Å². The molecule has 0 aromatic heterocycles. The van der Waals surface area contributed by atoms with Crippen molar-refractivity contribution in [2.45, 2.75) is 12.8 Å². The fourth-order valence-corrected chi connectivity index (χ4v) is 2.32. The van der Waals surface area contributed by atoms with Crippen LogP contribution in [-0.2, 0) is 16.0 Å². The molecular formula is C17H16Cl2N2O2. The van der Waals surface area contributed by atoms with Gasteiger partial charge in [0, 0.05) is 22.3 Å². The Bertz CT molecular complexity index is 687. The summed E-state index contributed by atoms with van der Waals surface area (Å²) < 4.78 is 0. The van der Waals surface area contributed by atoms with Gasteiger partial charge in [-0.05, 0) is 48.4 Å². The summed E-state index contributed by atoms with van der Waals surface area (Å²) >= 11 is 11.7. The molecular weight excluding hydrogens is 335 g/mol. The maximum Gasteiger partial charge on any atom is 0.233 e. The van der Waals surface area contributed by atoms with Crippen LogP contribution in [0, 0.1) is 0 Å². The molecule has 0 aliphatic carbocycles. The van der Waals surface area contributed by atoms with Crippen molar-refractivity contribution in [1.29, 1.82) is 0 Å². The lowest BCUT2D eigenvalue weighted by molar-refractivity contribution is -0.126. The molecule has 0 radical (unpaired) electrons. The summed E-state index contributed by atoms with van der Waals surface area (Å²) in [5.74, 6) is -0.689. The van der Waals surface area contributed by atoms with Crippen LogP contribution in [0.1, 0.15) is 12.0 Å². The summed E-state index contributed by atoms with van der Waals surface area (Å²) in [5, 5.41) is 6.60. The van der Waals surface area contributed by atoms with Gasteiger partial charge in [0.25, 0.3) is 0 Å². The molecule has 2 aromatic rings. The summed E-state index contributed by atoms with van der Waals surface area (Å²) in [6, 6.07) is 14.1. The molecule has 0 spiro atoms. The molecule has 0 aliphatic heterocycles. The monoisotopic (exact) mass is 350 g/mol. The van der Waals surface area contributed by atoms with E-state index in [4.69, 9.17) is 23.2 Å². The molecule has 0 bridgehead atoms. The first kappa shape index (κ1) is 17.3. The number of rotatable bonds is 6. The van der Waals surface area contributed by atoms with E-state index in [0.717, 1.165) is 5.56 Å². The second-order valence-corrected chi connectivity index (χ2v) is 5.83. The minimum Gasteiger partial charge on any atom is -0.355 e. The van der Waals surface area contributed by atoms with Crippen molar-refractivity contribution in [2.75, 3.05) is 11.9 Å². The van der Waals surface area contributed by atoms with Crippen LogP contribution in [0.2, 0.25) is 10.0 Å². The molecule has 0 atom stereocenters. The summed E-state index contributed by atoms with van der Waals surface area (Å²) in [6.07, 6.45) is 0.434. The molecule has 2 amide bonds. The van der Waals surface area contributed by atoms with Crippen LogP contribution < -0.4 is 10.6 Å². The van der Waals surface area contributed by atoms with Gasteiger partial charge in [0.15, 0.2) is 0 Å². The first-order chi connectivity index (χ1) is 11.0. The minimum atomic E-state index is -0.368. The number of hydrogen-bond donors (Lipinski definition) is 2. The first-order valence-corrected chi connectivity index (χ1v) is 7.85. The van der Waals surface area contributed by atoms with Gasteiger partial charge in [0.2, 0.25) is 11.8 Å². The number of carbonyl (C=O) groups is 2. The van der Waals surface area contributed by atoms with Crippen LogP contribution in [0.5, 0.6) is 0 Å². The topological polar surface area (TPSA) is 58.2 Å². The second-order valence-electron chi connectivity index (χ2n) is 4.96. The zero-order valence-corrected chi connectivity index (χ0v) is 13.8. The van der Waals surface area contributed by atoms with Crippen molar-refractivity contribution in [3.8, 4) is 0 Å². The highest BCUT2D eigenvalue weighted by Gasteiger charge is 2.09. The standard InChI is InChI=1S/C17H16Cl2N2O2/c18-13-4-6-15(7-5-13)21-17(23)11-16(22)20-9-8-12-2-1-3-14(19)10-12/h1-7,10H,8-9,11H2,(H,20,22)(H,21,23).